The number of amidine groups is 1. The summed E-state index contributed by atoms with van der Waals surface area (Å²) in [5.41, 5.74) is 4.34. The van der Waals surface area contributed by atoms with Crippen molar-refractivity contribution in [3.8, 4) is 0 Å². The summed E-state index contributed by atoms with van der Waals surface area (Å²) in [6.07, 6.45) is 6.72. The van der Waals surface area contributed by atoms with Gasteiger partial charge in [0.1, 0.15) is 5.69 Å². The first-order valence-electron chi connectivity index (χ1n) is 7.03. The van der Waals surface area contributed by atoms with E-state index in [1.807, 2.05) is 54.6 Å². The molecule has 112 valence electrons. The summed E-state index contributed by atoms with van der Waals surface area (Å²) in [5, 5.41) is 4.18. The van der Waals surface area contributed by atoms with Gasteiger partial charge in [-0.25, -0.2) is 9.98 Å². The van der Waals surface area contributed by atoms with Gasteiger partial charge >= 0.3 is 0 Å². The lowest BCUT2D eigenvalue weighted by Crippen LogP contribution is -2.20. The predicted octanol–water partition coefficient (Wildman–Crippen LogP) is 2.57. The zero-order valence-corrected chi connectivity index (χ0v) is 12.2. The molecular formula is C17H14N6. The Morgan fingerprint density at radius 3 is 2.22 bits per heavy atom. The topological polar surface area (TPSA) is 75.4 Å². The van der Waals surface area contributed by atoms with Crippen molar-refractivity contribution in [1.82, 2.24) is 20.4 Å². The Kier molecular flexibility index (Phi) is 4.77. The number of pyridine rings is 3. The van der Waals surface area contributed by atoms with E-state index in [9.17, 15) is 0 Å². The minimum atomic E-state index is 0.511. The minimum absolute atomic E-state index is 0.511. The molecule has 0 aliphatic rings. The molecule has 0 aliphatic carbocycles. The Morgan fingerprint density at radius 2 is 1.57 bits per heavy atom. The lowest BCUT2D eigenvalue weighted by Gasteiger charge is -2.04. The lowest BCUT2D eigenvalue weighted by atomic mass is 10.3. The van der Waals surface area contributed by atoms with Gasteiger partial charge in [0.25, 0.3) is 0 Å². The maximum absolute atomic E-state index is 4.46. The molecule has 0 atom stereocenters. The largest absolute Gasteiger partial charge is 0.259 e. The highest BCUT2D eigenvalue weighted by Crippen LogP contribution is 2.07. The molecule has 0 bridgehead atoms. The summed E-state index contributed by atoms with van der Waals surface area (Å²) in [6.45, 7) is 0. The first-order valence-corrected chi connectivity index (χ1v) is 7.03. The highest BCUT2D eigenvalue weighted by atomic mass is 15.3. The van der Waals surface area contributed by atoms with E-state index >= 15 is 0 Å². The van der Waals surface area contributed by atoms with Crippen LogP contribution in [0.4, 0.5) is 5.82 Å². The summed E-state index contributed by atoms with van der Waals surface area (Å²) in [7, 11) is 0. The molecule has 3 heterocycles. The molecule has 3 aromatic heterocycles. The molecule has 23 heavy (non-hydrogen) atoms. The molecule has 0 amide bonds. The first-order chi connectivity index (χ1) is 11.4. The molecule has 0 radical (unpaired) electrons. The Morgan fingerprint density at radius 1 is 0.826 bits per heavy atom. The van der Waals surface area contributed by atoms with Crippen molar-refractivity contribution < 1.29 is 0 Å². The van der Waals surface area contributed by atoms with Gasteiger partial charge < -0.3 is 0 Å². The van der Waals surface area contributed by atoms with Gasteiger partial charge in [-0.1, -0.05) is 18.2 Å². The molecular weight excluding hydrogens is 288 g/mol. The van der Waals surface area contributed by atoms with Crippen LogP contribution in [0.25, 0.3) is 0 Å². The SMILES string of the molecule is C(=N/N/C(=N\c1ccccn1)c1ccccn1)/c1ccccn1. The Hall–Kier alpha value is -3.41. The highest BCUT2D eigenvalue weighted by molar-refractivity contribution is 5.98. The molecule has 0 unspecified atom stereocenters. The van der Waals surface area contributed by atoms with Gasteiger partial charge in [-0.3, -0.25) is 15.4 Å². The second-order valence-electron chi connectivity index (χ2n) is 4.49. The fraction of sp³-hybridized carbons (Fsp3) is 0. The summed E-state index contributed by atoms with van der Waals surface area (Å²) in [5.74, 6) is 1.09. The summed E-state index contributed by atoms with van der Waals surface area (Å²) in [6, 6.07) is 16.7. The molecule has 0 spiro atoms. The van der Waals surface area contributed by atoms with E-state index in [0.717, 1.165) is 5.69 Å². The quantitative estimate of drug-likeness (QED) is 0.456. The molecule has 3 aromatic rings. The second-order valence-corrected chi connectivity index (χ2v) is 4.49. The summed E-state index contributed by atoms with van der Waals surface area (Å²) in [4.78, 5) is 17.1. The number of rotatable bonds is 4. The third-order valence-electron chi connectivity index (χ3n) is 2.84. The Labute approximate surface area is 133 Å². The number of hydrazone groups is 1. The van der Waals surface area contributed by atoms with E-state index in [2.05, 4.69) is 30.5 Å². The fourth-order valence-corrected chi connectivity index (χ4v) is 1.79. The van der Waals surface area contributed by atoms with Gasteiger partial charge in [0.05, 0.1) is 11.9 Å². The monoisotopic (exact) mass is 302 g/mol. The van der Waals surface area contributed by atoms with Crippen LogP contribution in [0, 0.1) is 0 Å². The van der Waals surface area contributed by atoms with Crippen molar-refractivity contribution in [3.63, 3.8) is 0 Å². The van der Waals surface area contributed by atoms with Crippen LogP contribution >= 0.6 is 0 Å². The van der Waals surface area contributed by atoms with Crippen LogP contribution in [0.15, 0.2) is 83.3 Å². The van der Waals surface area contributed by atoms with Gasteiger partial charge in [-0.05, 0) is 36.4 Å². The molecule has 6 nitrogen and oxygen atoms in total. The van der Waals surface area contributed by atoms with Gasteiger partial charge in [-0.2, -0.15) is 5.10 Å². The maximum Gasteiger partial charge on any atom is 0.174 e. The molecule has 6 heteroatoms. The van der Waals surface area contributed by atoms with Crippen molar-refractivity contribution >= 4 is 17.9 Å². The fourth-order valence-electron chi connectivity index (χ4n) is 1.79. The molecule has 0 saturated carbocycles. The maximum atomic E-state index is 4.46. The zero-order valence-electron chi connectivity index (χ0n) is 12.2. The predicted molar refractivity (Wildman–Crippen MR) is 89.6 cm³/mol. The van der Waals surface area contributed by atoms with Crippen molar-refractivity contribution in [2.24, 2.45) is 10.1 Å². The lowest BCUT2D eigenvalue weighted by molar-refractivity contribution is 1.01. The van der Waals surface area contributed by atoms with E-state index in [1.54, 1.807) is 24.8 Å². The van der Waals surface area contributed by atoms with Crippen molar-refractivity contribution in [1.29, 1.82) is 0 Å². The number of nitrogens with zero attached hydrogens (tertiary/aromatic N) is 5. The van der Waals surface area contributed by atoms with Crippen LogP contribution in [-0.4, -0.2) is 27.0 Å². The number of hydrogen-bond acceptors (Lipinski definition) is 5. The van der Waals surface area contributed by atoms with E-state index in [4.69, 9.17) is 0 Å². The zero-order chi connectivity index (χ0) is 15.7. The Bertz CT molecular complexity index is 785. The van der Waals surface area contributed by atoms with Crippen molar-refractivity contribution in [3.05, 3.63) is 84.6 Å². The van der Waals surface area contributed by atoms with Crippen LogP contribution in [0.3, 0.4) is 0 Å². The summed E-state index contributed by atoms with van der Waals surface area (Å²) >= 11 is 0. The molecule has 0 saturated heterocycles. The van der Waals surface area contributed by atoms with Crippen LogP contribution in [0.2, 0.25) is 0 Å². The number of aromatic nitrogens is 3. The van der Waals surface area contributed by atoms with E-state index in [-0.39, 0.29) is 0 Å². The third-order valence-corrected chi connectivity index (χ3v) is 2.84. The van der Waals surface area contributed by atoms with E-state index < -0.39 is 0 Å². The highest BCUT2D eigenvalue weighted by Gasteiger charge is 2.04. The van der Waals surface area contributed by atoms with Crippen LogP contribution in [-0.2, 0) is 0 Å². The minimum Gasteiger partial charge on any atom is -0.259 e. The number of hydrogen-bond donors (Lipinski definition) is 1. The standard InChI is InChI=1S/C17H14N6/c1-4-10-18-14(7-1)13-21-23-17(15-8-2-5-11-19-15)22-16-9-3-6-12-20-16/h1-13H,(H,20,22,23)/b21-13-. The molecule has 0 fully saturated rings. The van der Waals surface area contributed by atoms with Gasteiger partial charge in [0.2, 0.25) is 0 Å². The van der Waals surface area contributed by atoms with Gasteiger partial charge in [-0.15, -0.1) is 0 Å². The first kappa shape index (κ1) is 14.5. The third kappa shape index (κ3) is 4.28. The smallest absolute Gasteiger partial charge is 0.174 e. The van der Waals surface area contributed by atoms with Gasteiger partial charge in [0.15, 0.2) is 11.7 Å². The summed E-state index contributed by atoms with van der Waals surface area (Å²) < 4.78 is 0. The van der Waals surface area contributed by atoms with Crippen LogP contribution < -0.4 is 5.43 Å². The molecule has 1 N–H and O–H groups in total. The van der Waals surface area contributed by atoms with Gasteiger partial charge in [0, 0.05) is 18.6 Å². The molecule has 3 rings (SSSR count). The average Bonchev–Trinajstić information content (AvgIpc) is 2.63. The van der Waals surface area contributed by atoms with Crippen LogP contribution in [0.1, 0.15) is 11.4 Å². The van der Waals surface area contributed by atoms with E-state index in [0.29, 0.717) is 17.3 Å². The second kappa shape index (κ2) is 7.56. The van der Waals surface area contributed by atoms with Crippen molar-refractivity contribution in [2.45, 2.75) is 0 Å². The van der Waals surface area contributed by atoms with Crippen LogP contribution in [0.5, 0.6) is 0 Å². The normalized spacial score (nSPS) is 11.6. The molecule has 0 aliphatic heterocycles. The van der Waals surface area contributed by atoms with Crippen molar-refractivity contribution in [2.75, 3.05) is 0 Å². The van der Waals surface area contributed by atoms with E-state index in [1.165, 1.54) is 0 Å². The Balaban J connectivity index is 1.84. The number of nitrogens with one attached hydrogen (secondary N) is 1. The molecule has 0 aromatic carbocycles. The number of aliphatic imine (C=N–C) groups is 1. The average molecular weight is 302 g/mol.